The number of carbonyl (C=O) groups excluding carboxylic acids is 1. The molecule has 1 N–H and O–H groups in total. The summed E-state index contributed by atoms with van der Waals surface area (Å²) >= 11 is 6.12. The molecule has 0 radical (unpaired) electrons. The van der Waals surface area contributed by atoms with Crippen molar-refractivity contribution >= 4 is 23.7 Å². The number of carbonyl (C=O) groups is 1. The number of halogens is 1. The smallest absolute Gasteiger partial charge is 0.275 e. The van der Waals surface area contributed by atoms with Crippen LogP contribution >= 0.6 is 11.6 Å². The molecule has 3 rings (SSSR count). The molecule has 0 bridgehead atoms. The lowest BCUT2D eigenvalue weighted by molar-refractivity contribution is 0.0950. The Hall–Kier alpha value is -3.05. The van der Waals surface area contributed by atoms with Crippen molar-refractivity contribution in [1.82, 2.24) is 5.43 Å². The second kappa shape index (κ2) is 8.17. The Kier molecular flexibility index (Phi) is 5.49. The number of ether oxygens (including phenoxy) is 1. The van der Waals surface area contributed by atoms with Gasteiger partial charge in [-0.05, 0) is 30.3 Å². The predicted octanol–water partition coefficient (Wildman–Crippen LogP) is 4.28. The summed E-state index contributed by atoms with van der Waals surface area (Å²) in [4.78, 5) is 12.3. The Labute approximate surface area is 149 Å². The maximum Gasteiger partial charge on any atom is 0.275 e. The Morgan fingerprint density at radius 1 is 1.12 bits per heavy atom. The van der Waals surface area contributed by atoms with E-state index in [1.807, 2.05) is 18.2 Å². The third kappa shape index (κ3) is 4.49. The van der Waals surface area contributed by atoms with Crippen molar-refractivity contribution in [3.8, 4) is 5.75 Å². The van der Waals surface area contributed by atoms with Crippen molar-refractivity contribution in [2.24, 2.45) is 5.10 Å². The maximum atomic E-state index is 12.3. The molecule has 126 valence electrons. The van der Waals surface area contributed by atoms with E-state index in [4.69, 9.17) is 20.8 Å². The van der Waals surface area contributed by atoms with Gasteiger partial charge in [-0.25, -0.2) is 5.43 Å². The van der Waals surface area contributed by atoms with E-state index in [0.717, 1.165) is 5.56 Å². The molecule has 0 spiro atoms. The van der Waals surface area contributed by atoms with E-state index in [2.05, 4.69) is 10.5 Å². The zero-order chi connectivity index (χ0) is 17.5. The Bertz CT molecular complexity index is 876. The standard InChI is InChI=1S/C19H15ClN2O3/c20-17-9-3-1-6-14(17)13-25-18-10-4-2-8-16(18)19(23)22-21-12-15-7-5-11-24-15/h1-12H,13H2,(H,22,23)/b21-12-. The van der Waals surface area contributed by atoms with E-state index in [0.29, 0.717) is 22.1 Å². The molecule has 0 unspecified atom stereocenters. The van der Waals surface area contributed by atoms with E-state index in [9.17, 15) is 4.79 Å². The van der Waals surface area contributed by atoms with Crippen LogP contribution in [0.15, 0.2) is 76.4 Å². The number of rotatable bonds is 6. The quantitative estimate of drug-likeness (QED) is 0.531. The highest BCUT2D eigenvalue weighted by atomic mass is 35.5. The first-order valence-corrected chi connectivity index (χ1v) is 7.94. The van der Waals surface area contributed by atoms with Crippen molar-refractivity contribution < 1.29 is 13.9 Å². The molecule has 2 aromatic carbocycles. The van der Waals surface area contributed by atoms with Gasteiger partial charge in [-0.15, -0.1) is 0 Å². The number of para-hydroxylation sites is 1. The second-order valence-corrected chi connectivity index (χ2v) is 5.50. The summed E-state index contributed by atoms with van der Waals surface area (Å²) in [6, 6.07) is 17.8. The number of benzene rings is 2. The molecule has 1 aromatic heterocycles. The molecule has 0 saturated carbocycles. The molecule has 5 nitrogen and oxygen atoms in total. The van der Waals surface area contributed by atoms with Crippen molar-refractivity contribution in [2.45, 2.75) is 6.61 Å². The highest BCUT2D eigenvalue weighted by molar-refractivity contribution is 6.31. The normalized spacial score (nSPS) is 10.8. The third-order valence-electron chi connectivity index (χ3n) is 3.37. The van der Waals surface area contributed by atoms with E-state index in [1.165, 1.54) is 12.5 Å². The molecular formula is C19H15ClN2O3. The fourth-order valence-corrected chi connectivity index (χ4v) is 2.32. The third-order valence-corrected chi connectivity index (χ3v) is 3.74. The van der Waals surface area contributed by atoms with Crippen LogP contribution in [0.2, 0.25) is 5.02 Å². The summed E-state index contributed by atoms with van der Waals surface area (Å²) in [5, 5.41) is 4.49. The van der Waals surface area contributed by atoms with Gasteiger partial charge < -0.3 is 9.15 Å². The Balaban J connectivity index is 1.67. The molecule has 6 heteroatoms. The van der Waals surface area contributed by atoms with Gasteiger partial charge >= 0.3 is 0 Å². The minimum atomic E-state index is -0.377. The first-order valence-electron chi connectivity index (χ1n) is 7.56. The zero-order valence-corrected chi connectivity index (χ0v) is 13.9. The lowest BCUT2D eigenvalue weighted by atomic mass is 10.2. The number of nitrogens with zero attached hydrogens (tertiary/aromatic N) is 1. The monoisotopic (exact) mass is 354 g/mol. The van der Waals surface area contributed by atoms with Gasteiger partial charge in [0, 0.05) is 10.6 Å². The molecular weight excluding hydrogens is 340 g/mol. The van der Waals surface area contributed by atoms with Gasteiger partial charge in [-0.1, -0.05) is 41.9 Å². The van der Waals surface area contributed by atoms with Crippen LogP contribution in [0.3, 0.4) is 0 Å². The summed E-state index contributed by atoms with van der Waals surface area (Å²) in [6.07, 6.45) is 2.95. The Morgan fingerprint density at radius 3 is 2.72 bits per heavy atom. The van der Waals surface area contributed by atoms with Crippen molar-refractivity contribution in [3.05, 3.63) is 88.8 Å². The van der Waals surface area contributed by atoms with Crippen molar-refractivity contribution in [3.63, 3.8) is 0 Å². The van der Waals surface area contributed by atoms with Gasteiger partial charge in [0.2, 0.25) is 0 Å². The van der Waals surface area contributed by atoms with E-state index < -0.39 is 0 Å². The van der Waals surface area contributed by atoms with Gasteiger partial charge in [0.25, 0.3) is 5.91 Å². The van der Waals surface area contributed by atoms with Crippen LogP contribution in [0.4, 0.5) is 0 Å². The van der Waals surface area contributed by atoms with Crippen LogP contribution in [-0.2, 0) is 6.61 Å². The largest absolute Gasteiger partial charge is 0.488 e. The van der Waals surface area contributed by atoms with Gasteiger partial charge in [0.05, 0.1) is 18.0 Å². The van der Waals surface area contributed by atoms with Crippen molar-refractivity contribution in [1.29, 1.82) is 0 Å². The molecule has 1 heterocycles. The SMILES string of the molecule is O=C(N/N=C\c1ccco1)c1ccccc1OCc1ccccc1Cl. The second-order valence-electron chi connectivity index (χ2n) is 5.09. The summed E-state index contributed by atoms with van der Waals surface area (Å²) in [6.45, 7) is 0.264. The van der Waals surface area contributed by atoms with E-state index in [-0.39, 0.29) is 12.5 Å². The first-order chi connectivity index (χ1) is 12.2. The molecule has 25 heavy (non-hydrogen) atoms. The number of hydrogen-bond acceptors (Lipinski definition) is 4. The van der Waals surface area contributed by atoms with Crippen LogP contribution < -0.4 is 10.2 Å². The molecule has 3 aromatic rings. The van der Waals surface area contributed by atoms with Crippen LogP contribution in [0.25, 0.3) is 0 Å². The van der Waals surface area contributed by atoms with Crippen LogP contribution in [0.1, 0.15) is 21.7 Å². The molecule has 0 aliphatic rings. The van der Waals surface area contributed by atoms with E-state index >= 15 is 0 Å². The lowest BCUT2D eigenvalue weighted by Gasteiger charge is -2.11. The van der Waals surface area contributed by atoms with E-state index in [1.54, 1.807) is 42.5 Å². The van der Waals surface area contributed by atoms with Crippen molar-refractivity contribution in [2.75, 3.05) is 0 Å². The van der Waals surface area contributed by atoms with Gasteiger partial charge in [-0.3, -0.25) is 4.79 Å². The topological polar surface area (TPSA) is 63.8 Å². The summed E-state index contributed by atoms with van der Waals surface area (Å²) in [5.41, 5.74) is 3.68. The predicted molar refractivity (Wildman–Crippen MR) is 96.0 cm³/mol. The number of hydrogen-bond donors (Lipinski definition) is 1. The average Bonchev–Trinajstić information content (AvgIpc) is 3.15. The average molecular weight is 355 g/mol. The summed E-state index contributed by atoms with van der Waals surface area (Å²) in [7, 11) is 0. The minimum absolute atomic E-state index is 0.264. The molecule has 0 aliphatic carbocycles. The fourth-order valence-electron chi connectivity index (χ4n) is 2.13. The number of hydrazone groups is 1. The molecule has 1 amide bonds. The van der Waals surface area contributed by atoms with Gasteiger partial charge in [0.15, 0.2) is 0 Å². The lowest BCUT2D eigenvalue weighted by Crippen LogP contribution is -2.18. The highest BCUT2D eigenvalue weighted by Gasteiger charge is 2.12. The summed E-state index contributed by atoms with van der Waals surface area (Å²) in [5.74, 6) is 0.620. The number of furan rings is 1. The summed E-state index contributed by atoms with van der Waals surface area (Å²) < 4.78 is 10.9. The Morgan fingerprint density at radius 2 is 1.92 bits per heavy atom. The minimum Gasteiger partial charge on any atom is -0.488 e. The first kappa shape index (κ1) is 16.8. The molecule has 0 atom stereocenters. The van der Waals surface area contributed by atoms with Crippen LogP contribution in [0.5, 0.6) is 5.75 Å². The number of amides is 1. The van der Waals surface area contributed by atoms with Gasteiger partial charge in [-0.2, -0.15) is 5.10 Å². The van der Waals surface area contributed by atoms with Crippen LogP contribution in [-0.4, -0.2) is 12.1 Å². The van der Waals surface area contributed by atoms with Crippen LogP contribution in [0, 0.1) is 0 Å². The zero-order valence-electron chi connectivity index (χ0n) is 13.2. The highest BCUT2D eigenvalue weighted by Crippen LogP contribution is 2.22. The molecule has 0 fully saturated rings. The number of nitrogens with one attached hydrogen (secondary N) is 1. The van der Waals surface area contributed by atoms with Gasteiger partial charge in [0.1, 0.15) is 18.1 Å². The molecule has 0 saturated heterocycles. The molecule has 0 aliphatic heterocycles. The maximum absolute atomic E-state index is 12.3. The fraction of sp³-hybridized carbons (Fsp3) is 0.0526.